The Morgan fingerprint density at radius 3 is 2.74 bits per heavy atom. The first-order valence-corrected chi connectivity index (χ1v) is 7.89. The minimum Gasteiger partial charge on any atom is -0.387 e. The second kappa shape index (κ2) is 5.44. The molecular weight excluding hydrogens is 292 g/mol. The highest BCUT2D eigenvalue weighted by atomic mass is 16.6. The highest BCUT2D eigenvalue weighted by molar-refractivity contribution is 5.42. The van der Waals surface area contributed by atoms with Crippen molar-refractivity contribution in [3.8, 4) is 0 Å². The first kappa shape index (κ1) is 14.4. The van der Waals surface area contributed by atoms with Gasteiger partial charge < -0.3 is 5.11 Å². The van der Waals surface area contributed by atoms with Crippen molar-refractivity contribution in [2.24, 2.45) is 0 Å². The maximum atomic E-state index is 11.0. The molecule has 2 aliphatic rings. The van der Waals surface area contributed by atoms with E-state index in [2.05, 4.69) is 11.0 Å². The SMILES string of the molecule is O=[N+]([O-])c1ccc2c(c1)CN(C1Cc3ccccc3C1O)CC2. The highest BCUT2D eigenvalue weighted by Crippen LogP contribution is 2.36. The molecule has 0 amide bonds. The molecule has 2 aromatic carbocycles. The number of aliphatic hydroxyl groups is 1. The molecule has 0 spiro atoms. The molecule has 0 aromatic heterocycles. The van der Waals surface area contributed by atoms with Gasteiger partial charge in [-0.1, -0.05) is 30.3 Å². The highest BCUT2D eigenvalue weighted by Gasteiger charge is 2.36. The summed E-state index contributed by atoms with van der Waals surface area (Å²) in [7, 11) is 0. The van der Waals surface area contributed by atoms with Crippen LogP contribution in [0.4, 0.5) is 5.69 Å². The third kappa shape index (κ3) is 2.42. The van der Waals surface area contributed by atoms with Gasteiger partial charge in [0.25, 0.3) is 5.69 Å². The minimum atomic E-state index is -0.480. The van der Waals surface area contributed by atoms with E-state index in [0.29, 0.717) is 6.54 Å². The molecule has 23 heavy (non-hydrogen) atoms. The number of nitrogens with zero attached hydrogens (tertiary/aromatic N) is 2. The minimum absolute atomic E-state index is 0.0554. The zero-order valence-corrected chi connectivity index (χ0v) is 12.7. The predicted octanol–water partition coefficient (Wildman–Crippen LogP) is 2.61. The molecule has 0 saturated heterocycles. The molecule has 1 heterocycles. The normalized spacial score (nSPS) is 23.3. The summed E-state index contributed by atoms with van der Waals surface area (Å²) in [5, 5.41) is 21.6. The zero-order valence-electron chi connectivity index (χ0n) is 12.7. The molecule has 0 radical (unpaired) electrons. The van der Waals surface area contributed by atoms with Gasteiger partial charge in [0.05, 0.1) is 11.0 Å². The van der Waals surface area contributed by atoms with E-state index in [1.807, 2.05) is 24.3 Å². The van der Waals surface area contributed by atoms with Crippen LogP contribution < -0.4 is 0 Å². The molecule has 5 nitrogen and oxygen atoms in total. The Hall–Kier alpha value is -2.24. The van der Waals surface area contributed by atoms with Crippen molar-refractivity contribution < 1.29 is 10.0 Å². The van der Waals surface area contributed by atoms with Crippen LogP contribution in [0.1, 0.15) is 28.4 Å². The molecule has 1 aliphatic heterocycles. The van der Waals surface area contributed by atoms with Gasteiger partial charge in [0.2, 0.25) is 0 Å². The molecule has 4 rings (SSSR count). The Bertz CT molecular complexity index is 775. The number of benzene rings is 2. The summed E-state index contributed by atoms with van der Waals surface area (Å²) in [5.74, 6) is 0. The number of aliphatic hydroxyl groups excluding tert-OH is 1. The van der Waals surface area contributed by atoms with Crippen LogP contribution in [0, 0.1) is 10.1 Å². The van der Waals surface area contributed by atoms with Gasteiger partial charge in [-0.15, -0.1) is 0 Å². The summed E-state index contributed by atoms with van der Waals surface area (Å²) in [4.78, 5) is 12.9. The van der Waals surface area contributed by atoms with Crippen LogP contribution in [0.25, 0.3) is 0 Å². The van der Waals surface area contributed by atoms with Crippen LogP contribution in [0.15, 0.2) is 42.5 Å². The molecule has 2 aromatic rings. The monoisotopic (exact) mass is 310 g/mol. The average molecular weight is 310 g/mol. The van der Waals surface area contributed by atoms with Crippen molar-refractivity contribution in [3.63, 3.8) is 0 Å². The van der Waals surface area contributed by atoms with Gasteiger partial charge >= 0.3 is 0 Å². The molecule has 1 N–H and O–H groups in total. The van der Waals surface area contributed by atoms with Crippen LogP contribution in [0.5, 0.6) is 0 Å². The van der Waals surface area contributed by atoms with E-state index in [1.165, 1.54) is 11.1 Å². The van der Waals surface area contributed by atoms with E-state index in [9.17, 15) is 15.2 Å². The lowest BCUT2D eigenvalue weighted by Crippen LogP contribution is -2.41. The van der Waals surface area contributed by atoms with Gasteiger partial charge in [-0.25, -0.2) is 0 Å². The van der Waals surface area contributed by atoms with E-state index in [0.717, 1.165) is 30.5 Å². The van der Waals surface area contributed by atoms with Crippen molar-refractivity contribution in [3.05, 3.63) is 74.8 Å². The second-order valence-electron chi connectivity index (χ2n) is 6.35. The Morgan fingerprint density at radius 1 is 1.13 bits per heavy atom. The number of rotatable bonds is 2. The molecule has 0 saturated carbocycles. The number of hydrogen-bond acceptors (Lipinski definition) is 4. The van der Waals surface area contributed by atoms with Gasteiger partial charge in [0, 0.05) is 31.3 Å². The largest absolute Gasteiger partial charge is 0.387 e. The van der Waals surface area contributed by atoms with Gasteiger partial charge in [0.15, 0.2) is 0 Å². The lowest BCUT2D eigenvalue weighted by Gasteiger charge is -2.35. The number of nitro groups is 1. The Morgan fingerprint density at radius 2 is 1.96 bits per heavy atom. The summed E-state index contributed by atoms with van der Waals surface area (Å²) in [6.07, 6.45) is 1.22. The topological polar surface area (TPSA) is 66.6 Å². The predicted molar refractivity (Wildman–Crippen MR) is 86.1 cm³/mol. The van der Waals surface area contributed by atoms with Crippen molar-refractivity contribution in [2.75, 3.05) is 6.54 Å². The van der Waals surface area contributed by atoms with E-state index < -0.39 is 6.10 Å². The smallest absolute Gasteiger partial charge is 0.269 e. The van der Waals surface area contributed by atoms with Gasteiger partial charge in [-0.3, -0.25) is 15.0 Å². The maximum absolute atomic E-state index is 11.0. The lowest BCUT2D eigenvalue weighted by atomic mass is 9.97. The summed E-state index contributed by atoms with van der Waals surface area (Å²) < 4.78 is 0. The Balaban J connectivity index is 1.59. The van der Waals surface area contributed by atoms with Gasteiger partial charge in [-0.05, 0) is 35.1 Å². The van der Waals surface area contributed by atoms with E-state index in [1.54, 1.807) is 12.1 Å². The third-order valence-electron chi connectivity index (χ3n) is 5.08. The molecule has 0 fully saturated rings. The summed E-state index contributed by atoms with van der Waals surface area (Å²) >= 11 is 0. The number of hydrogen-bond donors (Lipinski definition) is 1. The standard InChI is InChI=1S/C18H18N2O3/c21-18-16-4-2-1-3-13(16)10-17(18)19-8-7-12-5-6-15(20(22)23)9-14(12)11-19/h1-6,9,17-18,21H,7-8,10-11H2. The fourth-order valence-electron chi connectivity index (χ4n) is 3.84. The molecule has 2 unspecified atom stereocenters. The maximum Gasteiger partial charge on any atom is 0.269 e. The molecule has 118 valence electrons. The van der Waals surface area contributed by atoms with Crippen LogP contribution in [-0.2, 0) is 19.4 Å². The second-order valence-corrected chi connectivity index (χ2v) is 6.35. The zero-order chi connectivity index (χ0) is 16.0. The van der Waals surface area contributed by atoms with Crippen LogP contribution >= 0.6 is 0 Å². The van der Waals surface area contributed by atoms with Crippen molar-refractivity contribution in [2.45, 2.75) is 31.5 Å². The average Bonchev–Trinajstić information content (AvgIpc) is 2.91. The van der Waals surface area contributed by atoms with Gasteiger partial charge in [-0.2, -0.15) is 0 Å². The van der Waals surface area contributed by atoms with Crippen LogP contribution in [0.2, 0.25) is 0 Å². The summed E-state index contributed by atoms with van der Waals surface area (Å²) in [6, 6.07) is 13.2. The molecule has 5 heteroatoms. The lowest BCUT2D eigenvalue weighted by molar-refractivity contribution is -0.385. The first-order valence-electron chi connectivity index (χ1n) is 7.89. The van der Waals surface area contributed by atoms with Gasteiger partial charge in [0.1, 0.15) is 0 Å². The van der Waals surface area contributed by atoms with Crippen molar-refractivity contribution in [1.29, 1.82) is 0 Å². The van der Waals surface area contributed by atoms with Crippen molar-refractivity contribution in [1.82, 2.24) is 4.90 Å². The molecule has 2 atom stereocenters. The number of non-ortho nitro benzene ring substituents is 1. The molecule has 1 aliphatic carbocycles. The fraction of sp³-hybridized carbons (Fsp3) is 0.333. The molecule has 0 bridgehead atoms. The van der Waals surface area contributed by atoms with E-state index in [-0.39, 0.29) is 16.7 Å². The third-order valence-corrected chi connectivity index (χ3v) is 5.08. The summed E-state index contributed by atoms with van der Waals surface area (Å²) in [6.45, 7) is 1.53. The van der Waals surface area contributed by atoms with Crippen LogP contribution in [-0.4, -0.2) is 27.5 Å². The van der Waals surface area contributed by atoms with Crippen LogP contribution in [0.3, 0.4) is 0 Å². The van der Waals surface area contributed by atoms with Crippen molar-refractivity contribution >= 4 is 5.69 Å². The number of fused-ring (bicyclic) bond motifs is 2. The van der Waals surface area contributed by atoms with E-state index in [4.69, 9.17) is 0 Å². The molecular formula is C18H18N2O3. The quantitative estimate of drug-likeness (QED) is 0.684. The van der Waals surface area contributed by atoms with E-state index >= 15 is 0 Å². The fourth-order valence-corrected chi connectivity index (χ4v) is 3.84. The Kier molecular flexibility index (Phi) is 3.39. The Labute approximate surface area is 134 Å². The number of nitro benzene ring substituents is 1. The summed E-state index contributed by atoms with van der Waals surface area (Å²) in [5.41, 5.74) is 4.54. The first-order chi connectivity index (χ1) is 11.1.